The van der Waals surface area contributed by atoms with E-state index in [4.69, 9.17) is 15.6 Å². The number of anilines is 2. The van der Waals surface area contributed by atoms with Crippen LogP contribution in [0.25, 0.3) is 0 Å². The van der Waals surface area contributed by atoms with Crippen LogP contribution in [0, 0.1) is 0 Å². The highest BCUT2D eigenvalue weighted by molar-refractivity contribution is 6.00. The van der Waals surface area contributed by atoms with Crippen LogP contribution in [-0.2, 0) is 4.79 Å². The zero-order chi connectivity index (χ0) is 12.4. The van der Waals surface area contributed by atoms with E-state index in [0.29, 0.717) is 23.5 Å². The molecule has 1 amide bonds. The van der Waals surface area contributed by atoms with Gasteiger partial charge in [0.1, 0.15) is 5.75 Å². The number of hydrogen-bond donors (Lipinski definition) is 2. The number of hydrogen-bond acceptors (Lipinski definition) is 4. The van der Waals surface area contributed by atoms with Crippen molar-refractivity contribution >= 4 is 17.3 Å². The number of aliphatic hydroxyl groups excluding tert-OH is 1. The molecule has 1 unspecified atom stereocenters. The molecule has 1 atom stereocenters. The highest BCUT2D eigenvalue weighted by atomic mass is 16.5. The van der Waals surface area contributed by atoms with E-state index in [1.165, 1.54) is 4.90 Å². The third kappa shape index (κ3) is 2.06. The molecule has 3 N–H and O–H groups in total. The minimum Gasteiger partial charge on any atom is -0.478 e. The van der Waals surface area contributed by atoms with Gasteiger partial charge in [0.2, 0.25) is 0 Å². The van der Waals surface area contributed by atoms with Crippen LogP contribution in [0.1, 0.15) is 13.3 Å². The molecule has 1 aliphatic heterocycles. The van der Waals surface area contributed by atoms with Crippen LogP contribution < -0.4 is 15.4 Å². The average Bonchev–Trinajstić information content (AvgIpc) is 2.33. The second-order valence-electron chi connectivity index (χ2n) is 3.96. The van der Waals surface area contributed by atoms with Crippen LogP contribution in [0.2, 0.25) is 0 Å². The van der Waals surface area contributed by atoms with Crippen molar-refractivity contribution < 1.29 is 14.6 Å². The minimum atomic E-state index is -0.474. The number of carbonyl (C=O) groups is 1. The summed E-state index contributed by atoms with van der Waals surface area (Å²) in [6, 6.07) is 5.18. The fraction of sp³-hybridized carbons (Fsp3) is 0.417. The first-order chi connectivity index (χ1) is 8.17. The van der Waals surface area contributed by atoms with Gasteiger partial charge in [-0.05, 0) is 24.6 Å². The summed E-state index contributed by atoms with van der Waals surface area (Å²) in [5.74, 6) is 0.513. The van der Waals surface area contributed by atoms with Gasteiger partial charge in [0, 0.05) is 12.2 Å². The fourth-order valence-corrected chi connectivity index (χ4v) is 1.93. The van der Waals surface area contributed by atoms with Crippen LogP contribution in [0.5, 0.6) is 5.75 Å². The van der Waals surface area contributed by atoms with Gasteiger partial charge in [0.25, 0.3) is 5.91 Å². The van der Waals surface area contributed by atoms with Crippen molar-refractivity contribution in [3.8, 4) is 5.75 Å². The van der Waals surface area contributed by atoms with Crippen LogP contribution >= 0.6 is 0 Å². The monoisotopic (exact) mass is 236 g/mol. The van der Waals surface area contributed by atoms with Crippen LogP contribution in [0.15, 0.2) is 18.2 Å². The molecule has 0 saturated carbocycles. The summed E-state index contributed by atoms with van der Waals surface area (Å²) in [5.41, 5.74) is 6.90. The molecular formula is C12H16N2O3. The summed E-state index contributed by atoms with van der Waals surface area (Å²) in [7, 11) is 0. The van der Waals surface area contributed by atoms with Crippen molar-refractivity contribution in [3.63, 3.8) is 0 Å². The van der Waals surface area contributed by atoms with E-state index in [1.54, 1.807) is 18.2 Å². The van der Waals surface area contributed by atoms with E-state index in [2.05, 4.69) is 0 Å². The SMILES string of the molecule is CCC1Oc2ccc(N)cc2N(CCO)C1=O. The molecule has 0 bridgehead atoms. The van der Waals surface area contributed by atoms with E-state index in [-0.39, 0.29) is 19.1 Å². The predicted octanol–water partition coefficient (Wildman–Crippen LogP) is 0.765. The molecule has 5 heteroatoms. The maximum Gasteiger partial charge on any atom is 0.268 e. The van der Waals surface area contributed by atoms with Crippen molar-refractivity contribution in [1.29, 1.82) is 0 Å². The number of carbonyl (C=O) groups excluding carboxylic acids is 1. The Morgan fingerprint density at radius 2 is 2.29 bits per heavy atom. The Labute approximate surface area is 99.8 Å². The van der Waals surface area contributed by atoms with Gasteiger partial charge in [-0.1, -0.05) is 6.92 Å². The highest BCUT2D eigenvalue weighted by Crippen LogP contribution is 2.35. The Balaban J connectivity index is 2.43. The van der Waals surface area contributed by atoms with E-state index in [9.17, 15) is 4.79 Å². The lowest BCUT2D eigenvalue weighted by Gasteiger charge is -2.33. The first-order valence-corrected chi connectivity index (χ1v) is 5.65. The normalized spacial score (nSPS) is 18.8. The molecule has 5 nitrogen and oxygen atoms in total. The number of nitrogens with zero attached hydrogens (tertiary/aromatic N) is 1. The maximum atomic E-state index is 12.1. The standard InChI is InChI=1S/C12H16N2O3/c1-2-10-12(16)14(5-6-15)9-7-8(13)3-4-11(9)17-10/h3-4,7,10,15H,2,5-6,13H2,1H3. The van der Waals surface area contributed by atoms with Crippen molar-refractivity contribution in [2.24, 2.45) is 0 Å². The molecule has 0 spiro atoms. The molecule has 1 aromatic carbocycles. The topological polar surface area (TPSA) is 75.8 Å². The van der Waals surface area contributed by atoms with Crippen molar-refractivity contribution in [1.82, 2.24) is 0 Å². The number of nitrogens with two attached hydrogens (primary N) is 1. The lowest BCUT2D eigenvalue weighted by Crippen LogP contribution is -2.46. The van der Waals surface area contributed by atoms with Crippen molar-refractivity contribution in [2.45, 2.75) is 19.4 Å². The van der Waals surface area contributed by atoms with Crippen LogP contribution in [-0.4, -0.2) is 30.3 Å². The zero-order valence-corrected chi connectivity index (χ0v) is 9.72. The maximum absolute atomic E-state index is 12.1. The smallest absolute Gasteiger partial charge is 0.268 e. The van der Waals surface area contributed by atoms with Gasteiger partial charge in [-0.15, -0.1) is 0 Å². The number of fused-ring (bicyclic) bond motifs is 1. The molecule has 0 radical (unpaired) electrons. The molecule has 92 valence electrons. The summed E-state index contributed by atoms with van der Waals surface area (Å²) in [5, 5.41) is 9.02. The van der Waals surface area contributed by atoms with Crippen molar-refractivity contribution in [3.05, 3.63) is 18.2 Å². The van der Waals surface area contributed by atoms with Crippen molar-refractivity contribution in [2.75, 3.05) is 23.8 Å². The van der Waals surface area contributed by atoms with Gasteiger partial charge < -0.3 is 20.5 Å². The van der Waals surface area contributed by atoms with Gasteiger partial charge in [0.05, 0.1) is 12.3 Å². The molecule has 17 heavy (non-hydrogen) atoms. The van der Waals surface area contributed by atoms with Gasteiger partial charge in [-0.2, -0.15) is 0 Å². The number of amides is 1. The van der Waals surface area contributed by atoms with Gasteiger partial charge in [0.15, 0.2) is 6.10 Å². The lowest BCUT2D eigenvalue weighted by atomic mass is 10.1. The Bertz CT molecular complexity index is 434. The van der Waals surface area contributed by atoms with Gasteiger partial charge in [-0.3, -0.25) is 4.79 Å². The first-order valence-electron chi connectivity index (χ1n) is 5.65. The van der Waals surface area contributed by atoms with Crippen LogP contribution in [0.4, 0.5) is 11.4 Å². The summed E-state index contributed by atoms with van der Waals surface area (Å²) in [4.78, 5) is 13.6. The highest BCUT2D eigenvalue weighted by Gasteiger charge is 2.32. The average molecular weight is 236 g/mol. The number of aliphatic hydroxyl groups is 1. The lowest BCUT2D eigenvalue weighted by molar-refractivity contribution is -0.126. The second-order valence-corrected chi connectivity index (χ2v) is 3.96. The molecule has 2 rings (SSSR count). The third-order valence-electron chi connectivity index (χ3n) is 2.78. The quantitative estimate of drug-likeness (QED) is 0.760. The molecular weight excluding hydrogens is 220 g/mol. The second kappa shape index (κ2) is 4.63. The largest absolute Gasteiger partial charge is 0.478 e. The van der Waals surface area contributed by atoms with Crippen LogP contribution in [0.3, 0.4) is 0 Å². The van der Waals surface area contributed by atoms with Gasteiger partial charge in [-0.25, -0.2) is 0 Å². The molecule has 1 heterocycles. The van der Waals surface area contributed by atoms with E-state index >= 15 is 0 Å². The molecule has 0 aromatic heterocycles. The Kier molecular flexibility index (Phi) is 3.19. The fourth-order valence-electron chi connectivity index (χ4n) is 1.93. The summed E-state index contributed by atoms with van der Waals surface area (Å²) >= 11 is 0. The Morgan fingerprint density at radius 3 is 2.94 bits per heavy atom. The summed E-state index contributed by atoms with van der Waals surface area (Å²) < 4.78 is 5.60. The summed E-state index contributed by atoms with van der Waals surface area (Å²) in [6.07, 6.45) is 0.127. The summed E-state index contributed by atoms with van der Waals surface area (Å²) in [6.45, 7) is 2.06. The number of rotatable bonds is 3. The number of benzene rings is 1. The molecule has 1 aromatic rings. The predicted molar refractivity (Wildman–Crippen MR) is 65.0 cm³/mol. The van der Waals surface area contributed by atoms with E-state index < -0.39 is 6.10 Å². The Hall–Kier alpha value is -1.75. The molecule has 0 fully saturated rings. The minimum absolute atomic E-state index is 0.0869. The molecule has 0 saturated heterocycles. The molecule has 0 aliphatic carbocycles. The number of ether oxygens (including phenoxy) is 1. The Morgan fingerprint density at radius 1 is 1.53 bits per heavy atom. The number of β-amino-alcohol motifs (C(OH)–C–C–N with tert-alkyl or cyclic N) is 1. The third-order valence-corrected chi connectivity index (χ3v) is 2.78. The molecule has 1 aliphatic rings. The zero-order valence-electron chi connectivity index (χ0n) is 9.72. The first kappa shape index (κ1) is 11.7. The number of nitrogen functional groups attached to an aromatic ring is 1. The van der Waals surface area contributed by atoms with E-state index in [0.717, 1.165) is 0 Å². The van der Waals surface area contributed by atoms with E-state index in [1.807, 2.05) is 6.92 Å². The van der Waals surface area contributed by atoms with Gasteiger partial charge >= 0.3 is 0 Å².